The first kappa shape index (κ1) is 10.9. The summed E-state index contributed by atoms with van der Waals surface area (Å²) in [6.07, 6.45) is -4.30. The molecule has 0 N–H and O–H groups in total. The lowest BCUT2D eigenvalue weighted by molar-refractivity contribution is -0.137. The predicted molar refractivity (Wildman–Crippen MR) is 49.1 cm³/mol. The van der Waals surface area contributed by atoms with Gasteiger partial charge in [0.05, 0.1) is 5.56 Å². The van der Waals surface area contributed by atoms with E-state index in [1.165, 1.54) is 6.07 Å². The molecule has 1 aromatic carbocycles. The third kappa shape index (κ3) is 2.61. The van der Waals surface area contributed by atoms with E-state index in [2.05, 4.69) is 15.9 Å². The van der Waals surface area contributed by atoms with Crippen LogP contribution in [0.15, 0.2) is 18.2 Å². The molecule has 0 bridgehead atoms. The van der Waals surface area contributed by atoms with Gasteiger partial charge in [0.25, 0.3) is 0 Å². The highest BCUT2D eigenvalue weighted by Gasteiger charge is 2.30. The van der Waals surface area contributed by atoms with Gasteiger partial charge in [0.15, 0.2) is 0 Å². The van der Waals surface area contributed by atoms with Crippen molar-refractivity contribution in [3.8, 4) is 0 Å². The molecule has 0 atom stereocenters. The number of benzene rings is 1. The van der Waals surface area contributed by atoms with Crippen LogP contribution in [-0.4, -0.2) is 0 Å². The molecule has 0 aliphatic heterocycles. The number of alkyl halides is 4. The standard InChI is InChI=1S/C8H5BrClF3/c9-4-5-3-6(8(11,12)13)1-2-7(5)10/h1-3H,4H2. The van der Waals surface area contributed by atoms with Crippen LogP contribution >= 0.6 is 27.5 Å². The zero-order valence-electron chi connectivity index (χ0n) is 6.33. The van der Waals surface area contributed by atoms with E-state index in [0.717, 1.165) is 12.1 Å². The fourth-order valence-electron chi connectivity index (χ4n) is 0.853. The topological polar surface area (TPSA) is 0 Å². The molecule has 0 amide bonds. The minimum atomic E-state index is -4.30. The zero-order valence-corrected chi connectivity index (χ0v) is 8.67. The first-order valence-corrected chi connectivity index (χ1v) is 4.86. The Hall–Kier alpha value is -0.220. The normalized spacial score (nSPS) is 11.8. The summed E-state index contributed by atoms with van der Waals surface area (Å²) in [6, 6.07) is 3.26. The molecule has 5 heteroatoms. The first-order chi connectivity index (χ1) is 5.95. The summed E-state index contributed by atoms with van der Waals surface area (Å²) in [5.41, 5.74) is -0.233. The van der Waals surface area contributed by atoms with Crippen LogP contribution in [-0.2, 0) is 11.5 Å². The molecule has 0 aliphatic rings. The van der Waals surface area contributed by atoms with Crippen LogP contribution in [0.4, 0.5) is 13.2 Å². The van der Waals surface area contributed by atoms with Crippen molar-refractivity contribution in [3.05, 3.63) is 34.3 Å². The van der Waals surface area contributed by atoms with Crippen LogP contribution in [0.25, 0.3) is 0 Å². The molecule has 0 radical (unpaired) electrons. The number of halogens is 5. The van der Waals surface area contributed by atoms with Gasteiger partial charge in [0, 0.05) is 10.4 Å². The van der Waals surface area contributed by atoms with Crippen molar-refractivity contribution in [2.75, 3.05) is 0 Å². The minimum Gasteiger partial charge on any atom is -0.166 e. The van der Waals surface area contributed by atoms with Gasteiger partial charge in [-0.05, 0) is 23.8 Å². The highest BCUT2D eigenvalue weighted by Crippen LogP contribution is 2.32. The number of hydrogen-bond acceptors (Lipinski definition) is 0. The van der Waals surface area contributed by atoms with Crippen LogP contribution in [0.2, 0.25) is 5.02 Å². The summed E-state index contributed by atoms with van der Waals surface area (Å²) >= 11 is 8.71. The molecule has 72 valence electrons. The Bertz CT molecular complexity index is 309. The Morgan fingerprint density at radius 2 is 1.92 bits per heavy atom. The molecular weight excluding hydrogens is 268 g/mol. The smallest absolute Gasteiger partial charge is 0.166 e. The second kappa shape index (κ2) is 3.88. The van der Waals surface area contributed by atoms with Gasteiger partial charge in [-0.15, -0.1) is 0 Å². The zero-order chi connectivity index (χ0) is 10.1. The van der Waals surface area contributed by atoms with E-state index in [-0.39, 0.29) is 0 Å². The van der Waals surface area contributed by atoms with Crippen molar-refractivity contribution in [3.63, 3.8) is 0 Å². The van der Waals surface area contributed by atoms with Gasteiger partial charge in [-0.25, -0.2) is 0 Å². The molecule has 0 aliphatic carbocycles. The quantitative estimate of drug-likeness (QED) is 0.671. The molecule has 1 aromatic rings. The SMILES string of the molecule is FC(F)(F)c1ccc(Cl)c(CBr)c1. The molecule has 0 saturated heterocycles. The fraction of sp³-hybridized carbons (Fsp3) is 0.250. The van der Waals surface area contributed by atoms with Gasteiger partial charge in [-0.3, -0.25) is 0 Å². The molecule has 0 heterocycles. The Labute approximate surface area is 86.8 Å². The molecule has 1 rings (SSSR count). The van der Waals surface area contributed by atoms with E-state index in [1.807, 2.05) is 0 Å². The fourth-order valence-corrected chi connectivity index (χ4v) is 1.66. The summed E-state index contributed by atoms with van der Waals surface area (Å²) < 4.78 is 36.5. The summed E-state index contributed by atoms with van der Waals surface area (Å²) in [7, 11) is 0. The molecule has 0 unspecified atom stereocenters. The third-order valence-electron chi connectivity index (χ3n) is 1.52. The summed E-state index contributed by atoms with van der Waals surface area (Å²) in [5, 5.41) is 0.653. The highest BCUT2D eigenvalue weighted by atomic mass is 79.9. The van der Waals surface area contributed by atoms with Crippen molar-refractivity contribution in [1.82, 2.24) is 0 Å². The molecule has 0 spiro atoms. The number of hydrogen-bond donors (Lipinski definition) is 0. The minimum absolute atomic E-state index is 0.315. The summed E-state index contributed by atoms with van der Waals surface area (Å²) in [6.45, 7) is 0. The number of rotatable bonds is 1. The Morgan fingerprint density at radius 1 is 1.31 bits per heavy atom. The van der Waals surface area contributed by atoms with Crippen LogP contribution in [0.1, 0.15) is 11.1 Å². The molecular formula is C8H5BrClF3. The van der Waals surface area contributed by atoms with Gasteiger partial charge in [0.2, 0.25) is 0 Å². The van der Waals surface area contributed by atoms with Gasteiger partial charge < -0.3 is 0 Å². The van der Waals surface area contributed by atoms with E-state index in [1.54, 1.807) is 0 Å². The monoisotopic (exact) mass is 272 g/mol. The summed E-state index contributed by atoms with van der Waals surface area (Å²) in [4.78, 5) is 0. The van der Waals surface area contributed by atoms with Crippen molar-refractivity contribution < 1.29 is 13.2 Å². The maximum atomic E-state index is 12.2. The molecule has 0 fully saturated rings. The second-order valence-corrected chi connectivity index (χ2v) is 3.41. The Morgan fingerprint density at radius 3 is 2.38 bits per heavy atom. The van der Waals surface area contributed by atoms with Crippen LogP contribution in [0, 0.1) is 0 Å². The molecule has 13 heavy (non-hydrogen) atoms. The second-order valence-electron chi connectivity index (χ2n) is 2.44. The Balaban J connectivity index is 3.14. The van der Waals surface area contributed by atoms with E-state index < -0.39 is 11.7 Å². The largest absolute Gasteiger partial charge is 0.416 e. The van der Waals surface area contributed by atoms with Crippen molar-refractivity contribution in [2.45, 2.75) is 11.5 Å². The average molecular weight is 273 g/mol. The van der Waals surface area contributed by atoms with Crippen molar-refractivity contribution in [1.29, 1.82) is 0 Å². The lowest BCUT2D eigenvalue weighted by atomic mass is 10.1. The van der Waals surface area contributed by atoms with E-state index in [4.69, 9.17) is 11.6 Å². The molecule has 0 aromatic heterocycles. The van der Waals surface area contributed by atoms with Crippen molar-refractivity contribution >= 4 is 27.5 Å². The lowest BCUT2D eigenvalue weighted by Crippen LogP contribution is -2.05. The van der Waals surface area contributed by atoms with Crippen molar-refractivity contribution in [2.24, 2.45) is 0 Å². The summed E-state index contributed by atoms with van der Waals surface area (Å²) in [5.74, 6) is 0. The van der Waals surface area contributed by atoms with E-state index in [9.17, 15) is 13.2 Å². The van der Waals surface area contributed by atoms with E-state index >= 15 is 0 Å². The predicted octanol–water partition coefficient (Wildman–Crippen LogP) is 4.25. The Kier molecular flexibility index (Phi) is 3.24. The maximum absolute atomic E-state index is 12.2. The van der Waals surface area contributed by atoms with Gasteiger partial charge in [-0.1, -0.05) is 27.5 Å². The van der Waals surface area contributed by atoms with Crippen LogP contribution in [0.3, 0.4) is 0 Å². The van der Waals surface area contributed by atoms with Gasteiger partial charge >= 0.3 is 6.18 Å². The first-order valence-electron chi connectivity index (χ1n) is 3.36. The lowest BCUT2D eigenvalue weighted by Gasteiger charge is -2.08. The van der Waals surface area contributed by atoms with E-state index in [0.29, 0.717) is 15.9 Å². The third-order valence-corrected chi connectivity index (χ3v) is 2.49. The van der Waals surface area contributed by atoms with Crippen LogP contribution in [0.5, 0.6) is 0 Å². The van der Waals surface area contributed by atoms with Crippen LogP contribution < -0.4 is 0 Å². The van der Waals surface area contributed by atoms with Gasteiger partial charge in [-0.2, -0.15) is 13.2 Å². The highest BCUT2D eigenvalue weighted by molar-refractivity contribution is 9.08. The molecule has 0 nitrogen and oxygen atoms in total. The van der Waals surface area contributed by atoms with Gasteiger partial charge in [0.1, 0.15) is 0 Å². The maximum Gasteiger partial charge on any atom is 0.416 e. The average Bonchev–Trinajstić information content (AvgIpc) is 2.03. The molecule has 0 saturated carbocycles.